The van der Waals surface area contributed by atoms with Crippen LogP contribution in [0.5, 0.6) is 0 Å². The van der Waals surface area contributed by atoms with Gasteiger partial charge in [0, 0.05) is 0 Å². The molecule has 0 bridgehead atoms. The molecule has 118 valence electrons. The van der Waals surface area contributed by atoms with E-state index in [4.69, 9.17) is 0 Å². The minimum atomic E-state index is -2.04. The SMILES string of the molecule is C=CC[PH](c1ccccc1)(c1ccccc1)c1ccccc1.S. The van der Waals surface area contributed by atoms with Crippen LogP contribution in [0.4, 0.5) is 0 Å². The second kappa shape index (κ2) is 8.15. The molecule has 0 aliphatic carbocycles. The number of rotatable bonds is 5. The minimum Gasteiger partial charge on any atom is -0.197 e. The van der Waals surface area contributed by atoms with Crippen LogP contribution in [0, 0.1) is 0 Å². The molecule has 0 saturated carbocycles. The molecule has 0 spiro atoms. The van der Waals surface area contributed by atoms with E-state index >= 15 is 0 Å². The normalized spacial score (nSPS) is 11.3. The van der Waals surface area contributed by atoms with E-state index in [-0.39, 0.29) is 13.5 Å². The summed E-state index contributed by atoms with van der Waals surface area (Å²) in [6, 6.07) is 32.8. The molecular formula is C21H23PS. The summed E-state index contributed by atoms with van der Waals surface area (Å²) in [5, 5.41) is 4.31. The third-order valence-corrected chi connectivity index (χ3v) is 9.11. The molecular weight excluding hydrogens is 315 g/mol. The maximum Gasteiger partial charge on any atom is -0.197 e. The zero-order chi connectivity index (χ0) is 15.3. The molecule has 3 aromatic carbocycles. The van der Waals surface area contributed by atoms with Crippen LogP contribution in [0.2, 0.25) is 0 Å². The Labute approximate surface area is 146 Å². The van der Waals surface area contributed by atoms with Gasteiger partial charge in [0.1, 0.15) is 0 Å². The Morgan fingerprint density at radius 1 is 0.609 bits per heavy atom. The van der Waals surface area contributed by atoms with Crippen molar-refractivity contribution in [2.75, 3.05) is 6.16 Å². The monoisotopic (exact) mass is 338 g/mol. The van der Waals surface area contributed by atoms with Gasteiger partial charge in [-0.25, -0.2) is 0 Å². The zero-order valence-corrected chi connectivity index (χ0v) is 15.2. The molecule has 3 rings (SSSR count). The summed E-state index contributed by atoms with van der Waals surface area (Å²) < 4.78 is 0. The summed E-state index contributed by atoms with van der Waals surface area (Å²) in [7, 11) is -2.04. The predicted octanol–water partition coefficient (Wildman–Crippen LogP) is 4.01. The van der Waals surface area contributed by atoms with Crippen LogP contribution < -0.4 is 15.9 Å². The van der Waals surface area contributed by atoms with Crippen molar-refractivity contribution in [2.45, 2.75) is 0 Å². The quantitative estimate of drug-likeness (QED) is 0.487. The van der Waals surface area contributed by atoms with Crippen molar-refractivity contribution >= 4 is 36.7 Å². The third kappa shape index (κ3) is 3.42. The summed E-state index contributed by atoms with van der Waals surface area (Å²) in [6.07, 6.45) is 3.09. The van der Waals surface area contributed by atoms with E-state index in [2.05, 4.69) is 104 Å². The second-order valence-corrected chi connectivity index (χ2v) is 9.45. The first-order chi connectivity index (χ1) is 10.9. The summed E-state index contributed by atoms with van der Waals surface area (Å²) >= 11 is 0. The molecule has 3 aromatic rings. The van der Waals surface area contributed by atoms with Crippen LogP contribution in [-0.2, 0) is 0 Å². The molecule has 0 aliphatic rings. The van der Waals surface area contributed by atoms with Gasteiger partial charge in [0.2, 0.25) is 0 Å². The third-order valence-electron chi connectivity index (χ3n) is 4.25. The number of allylic oxidation sites excluding steroid dienone is 1. The smallest absolute Gasteiger partial charge is 0.197 e. The Morgan fingerprint density at radius 2 is 0.913 bits per heavy atom. The fourth-order valence-corrected chi connectivity index (χ4v) is 7.66. The van der Waals surface area contributed by atoms with Gasteiger partial charge in [-0.3, -0.25) is 0 Å². The van der Waals surface area contributed by atoms with Gasteiger partial charge >= 0.3 is 133 Å². The average Bonchev–Trinajstić information content (AvgIpc) is 2.62. The molecule has 0 nitrogen and oxygen atoms in total. The van der Waals surface area contributed by atoms with Crippen LogP contribution in [0.1, 0.15) is 0 Å². The maximum absolute atomic E-state index is 4.06. The molecule has 0 fully saturated rings. The van der Waals surface area contributed by atoms with Crippen molar-refractivity contribution in [3.8, 4) is 0 Å². The van der Waals surface area contributed by atoms with Gasteiger partial charge in [-0.15, -0.1) is 0 Å². The number of hydrogen-bond donors (Lipinski definition) is 0. The molecule has 0 radical (unpaired) electrons. The maximum atomic E-state index is 4.06. The van der Waals surface area contributed by atoms with E-state index in [1.165, 1.54) is 15.9 Å². The van der Waals surface area contributed by atoms with E-state index in [0.29, 0.717) is 0 Å². The zero-order valence-electron chi connectivity index (χ0n) is 13.2. The predicted molar refractivity (Wildman–Crippen MR) is 112 cm³/mol. The fourth-order valence-electron chi connectivity index (χ4n) is 3.24. The van der Waals surface area contributed by atoms with E-state index in [9.17, 15) is 0 Å². The number of benzene rings is 3. The van der Waals surface area contributed by atoms with Crippen molar-refractivity contribution in [1.29, 1.82) is 0 Å². The minimum absolute atomic E-state index is 0. The molecule has 0 heterocycles. The van der Waals surface area contributed by atoms with Gasteiger partial charge in [0.05, 0.1) is 0 Å². The van der Waals surface area contributed by atoms with E-state index in [0.717, 1.165) is 6.16 Å². The molecule has 23 heavy (non-hydrogen) atoms. The van der Waals surface area contributed by atoms with Gasteiger partial charge in [0.15, 0.2) is 0 Å². The summed E-state index contributed by atoms with van der Waals surface area (Å²) in [5.41, 5.74) is 0. The summed E-state index contributed by atoms with van der Waals surface area (Å²) in [4.78, 5) is 0. The Hall–Kier alpha value is -1.82. The molecule has 2 heteroatoms. The van der Waals surface area contributed by atoms with Gasteiger partial charge in [0.25, 0.3) is 0 Å². The van der Waals surface area contributed by atoms with Gasteiger partial charge in [-0.1, -0.05) is 0 Å². The van der Waals surface area contributed by atoms with E-state index in [1.807, 2.05) is 0 Å². The Balaban J connectivity index is 0.00000192. The Bertz CT molecular complexity index is 627. The van der Waals surface area contributed by atoms with Crippen LogP contribution in [0.15, 0.2) is 104 Å². The molecule has 0 saturated heterocycles. The van der Waals surface area contributed by atoms with Gasteiger partial charge in [-0.05, 0) is 0 Å². The van der Waals surface area contributed by atoms with E-state index < -0.39 is 7.26 Å². The van der Waals surface area contributed by atoms with Gasteiger partial charge in [-0.2, -0.15) is 13.5 Å². The van der Waals surface area contributed by atoms with Crippen LogP contribution in [-0.4, -0.2) is 6.16 Å². The van der Waals surface area contributed by atoms with Crippen molar-refractivity contribution in [2.24, 2.45) is 0 Å². The van der Waals surface area contributed by atoms with Gasteiger partial charge < -0.3 is 0 Å². The van der Waals surface area contributed by atoms with E-state index in [1.54, 1.807) is 0 Å². The summed E-state index contributed by atoms with van der Waals surface area (Å²) in [5.74, 6) is 0. The first-order valence-corrected chi connectivity index (χ1v) is 9.86. The molecule has 0 aliphatic heterocycles. The fraction of sp³-hybridized carbons (Fsp3) is 0.0476. The van der Waals surface area contributed by atoms with Crippen LogP contribution in [0.25, 0.3) is 0 Å². The van der Waals surface area contributed by atoms with Crippen LogP contribution >= 0.6 is 20.8 Å². The molecule has 0 amide bonds. The summed E-state index contributed by atoms with van der Waals surface area (Å²) in [6.45, 7) is 4.06. The molecule has 0 unspecified atom stereocenters. The first kappa shape index (κ1) is 17.5. The standard InChI is InChI=1S/C21H21P.H2S/c1-2-18-22(19-12-6-3-7-13-19,20-14-8-4-9-15-20)21-16-10-5-11-17-21;/h2-17,22H,1,18H2;1H2. The molecule has 0 aromatic heterocycles. The Morgan fingerprint density at radius 3 is 1.17 bits per heavy atom. The second-order valence-electron chi connectivity index (χ2n) is 5.50. The Kier molecular flexibility index (Phi) is 6.21. The van der Waals surface area contributed by atoms with Crippen molar-refractivity contribution < 1.29 is 0 Å². The van der Waals surface area contributed by atoms with Crippen LogP contribution in [0.3, 0.4) is 0 Å². The molecule has 0 N–H and O–H groups in total. The first-order valence-electron chi connectivity index (χ1n) is 7.65. The largest absolute Gasteiger partial charge is 0.197 e. The van der Waals surface area contributed by atoms with Crippen molar-refractivity contribution in [3.05, 3.63) is 104 Å². The van der Waals surface area contributed by atoms with Crippen molar-refractivity contribution in [1.82, 2.24) is 0 Å². The van der Waals surface area contributed by atoms with Crippen molar-refractivity contribution in [3.63, 3.8) is 0 Å². The average molecular weight is 338 g/mol. The molecule has 0 atom stereocenters. The topological polar surface area (TPSA) is 0 Å². The number of hydrogen-bond acceptors (Lipinski definition) is 0.